The SMILES string of the molecule is C/C(=C\c1cnc(C(=O)O)[nH]1)c1cc2c(cc1C)SCCC2(C)C. The van der Waals surface area contributed by atoms with Gasteiger partial charge in [-0.2, -0.15) is 0 Å². The lowest BCUT2D eigenvalue weighted by Crippen LogP contribution is -2.23. The number of thioether (sulfide) groups is 1. The van der Waals surface area contributed by atoms with E-state index in [0.717, 1.165) is 5.57 Å². The Hall–Kier alpha value is -2.01. The number of hydrogen-bond donors (Lipinski definition) is 2. The summed E-state index contributed by atoms with van der Waals surface area (Å²) in [6.07, 6.45) is 4.69. The van der Waals surface area contributed by atoms with Crippen molar-refractivity contribution >= 4 is 29.4 Å². The van der Waals surface area contributed by atoms with E-state index in [1.165, 1.54) is 33.8 Å². The van der Waals surface area contributed by atoms with Crippen molar-refractivity contribution < 1.29 is 9.90 Å². The Labute approximate surface area is 146 Å². The second kappa shape index (κ2) is 6.13. The zero-order chi connectivity index (χ0) is 17.5. The van der Waals surface area contributed by atoms with Crippen LogP contribution in [0, 0.1) is 6.92 Å². The van der Waals surface area contributed by atoms with Crippen molar-refractivity contribution in [3.8, 4) is 0 Å². The Bertz CT molecular complexity index is 834. The van der Waals surface area contributed by atoms with Crippen molar-refractivity contribution in [1.29, 1.82) is 0 Å². The molecule has 1 aromatic carbocycles. The summed E-state index contributed by atoms with van der Waals surface area (Å²) >= 11 is 1.94. The van der Waals surface area contributed by atoms with Gasteiger partial charge in [-0.1, -0.05) is 13.8 Å². The van der Waals surface area contributed by atoms with Gasteiger partial charge in [0.05, 0.1) is 11.9 Å². The minimum absolute atomic E-state index is 0.0336. The van der Waals surface area contributed by atoms with Gasteiger partial charge in [-0.05, 0) is 71.9 Å². The molecule has 4 nitrogen and oxygen atoms in total. The number of fused-ring (bicyclic) bond motifs is 1. The Kier molecular flexibility index (Phi) is 4.30. The topological polar surface area (TPSA) is 66.0 Å². The molecule has 0 aliphatic carbocycles. The van der Waals surface area contributed by atoms with E-state index in [-0.39, 0.29) is 11.2 Å². The molecule has 0 amide bonds. The zero-order valence-electron chi connectivity index (χ0n) is 14.4. The molecule has 2 heterocycles. The van der Waals surface area contributed by atoms with Crippen LogP contribution in [0.1, 0.15) is 60.2 Å². The second-order valence-corrected chi connectivity index (χ2v) is 8.10. The third-order valence-corrected chi connectivity index (χ3v) is 5.69. The Morgan fingerprint density at radius 2 is 2.17 bits per heavy atom. The Balaban J connectivity index is 2.02. The molecule has 126 valence electrons. The first-order valence-electron chi connectivity index (χ1n) is 8.03. The van der Waals surface area contributed by atoms with E-state index in [2.05, 4.69) is 49.8 Å². The van der Waals surface area contributed by atoms with Crippen molar-refractivity contribution in [2.45, 2.75) is 44.4 Å². The molecule has 0 saturated carbocycles. The molecule has 3 rings (SSSR count). The number of hydrogen-bond acceptors (Lipinski definition) is 3. The maximum atomic E-state index is 10.9. The number of nitrogens with one attached hydrogen (secondary N) is 1. The van der Waals surface area contributed by atoms with Gasteiger partial charge in [0, 0.05) is 4.90 Å². The van der Waals surface area contributed by atoms with Crippen LogP contribution in [0.4, 0.5) is 0 Å². The Morgan fingerprint density at radius 1 is 1.42 bits per heavy atom. The summed E-state index contributed by atoms with van der Waals surface area (Å²) < 4.78 is 0. The van der Waals surface area contributed by atoms with Gasteiger partial charge in [-0.15, -0.1) is 11.8 Å². The fourth-order valence-electron chi connectivity index (χ4n) is 3.13. The van der Waals surface area contributed by atoms with Crippen LogP contribution in [0.25, 0.3) is 11.6 Å². The summed E-state index contributed by atoms with van der Waals surface area (Å²) in [5.41, 5.74) is 5.84. The number of imidazole rings is 1. The predicted octanol–water partition coefficient (Wildman–Crippen LogP) is 4.75. The molecule has 2 aromatic rings. The fraction of sp³-hybridized carbons (Fsp3) is 0.368. The number of aromatic carboxylic acids is 1. The monoisotopic (exact) mass is 342 g/mol. The number of aryl methyl sites for hydroxylation is 1. The number of nitrogens with zero attached hydrogens (tertiary/aromatic N) is 1. The van der Waals surface area contributed by atoms with Crippen LogP contribution >= 0.6 is 11.8 Å². The fourth-order valence-corrected chi connectivity index (χ4v) is 4.72. The van der Waals surface area contributed by atoms with Crippen LogP contribution in [0.5, 0.6) is 0 Å². The summed E-state index contributed by atoms with van der Waals surface area (Å²) in [7, 11) is 0. The van der Waals surface area contributed by atoms with Gasteiger partial charge >= 0.3 is 5.97 Å². The molecule has 0 bridgehead atoms. The second-order valence-electron chi connectivity index (χ2n) is 6.97. The van der Waals surface area contributed by atoms with Crippen molar-refractivity contribution in [3.63, 3.8) is 0 Å². The van der Waals surface area contributed by atoms with Gasteiger partial charge < -0.3 is 10.1 Å². The van der Waals surface area contributed by atoms with E-state index in [0.29, 0.717) is 5.69 Å². The third-order valence-electron chi connectivity index (χ3n) is 4.64. The highest BCUT2D eigenvalue weighted by molar-refractivity contribution is 7.99. The number of allylic oxidation sites excluding steroid dienone is 1. The predicted molar refractivity (Wildman–Crippen MR) is 98.6 cm³/mol. The van der Waals surface area contributed by atoms with E-state index in [1.54, 1.807) is 6.20 Å². The first-order valence-corrected chi connectivity index (χ1v) is 9.01. The lowest BCUT2D eigenvalue weighted by atomic mass is 9.80. The number of benzene rings is 1. The average molecular weight is 342 g/mol. The van der Waals surface area contributed by atoms with Crippen LogP contribution in [-0.4, -0.2) is 26.8 Å². The molecule has 24 heavy (non-hydrogen) atoms. The standard InChI is InChI=1S/C19H22N2O2S/c1-11(7-13-10-20-17(21-13)18(22)23)14-9-15-16(8-12(14)2)24-6-5-19(15,3)4/h7-10H,5-6H2,1-4H3,(H,20,21)(H,22,23)/b11-7+. The molecule has 1 aromatic heterocycles. The molecule has 2 N–H and O–H groups in total. The number of aromatic amines is 1. The van der Waals surface area contributed by atoms with Gasteiger partial charge in [-0.25, -0.2) is 9.78 Å². The summed E-state index contributed by atoms with van der Waals surface area (Å²) in [5, 5.41) is 8.97. The summed E-state index contributed by atoms with van der Waals surface area (Å²) in [5.74, 6) is 0.0875. The van der Waals surface area contributed by atoms with Crippen molar-refractivity contribution in [1.82, 2.24) is 9.97 Å². The van der Waals surface area contributed by atoms with Gasteiger partial charge in [-0.3, -0.25) is 0 Å². The average Bonchev–Trinajstić information content (AvgIpc) is 2.95. The largest absolute Gasteiger partial charge is 0.475 e. The number of carbonyl (C=O) groups is 1. The molecule has 0 spiro atoms. The maximum absolute atomic E-state index is 10.9. The minimum atomic E-state index is -1.05. The number of carboxylic acids is 1. The maximum Gasteiger partial charge on any atom is 0.371 e. The van der Waals surface area contributed by atoms with Crippen LogP contribution in [-0.2, 0) is 5.41 Å². The normalized spacial score (nSPS) is 16.8. The molecule has 0 unspecified atom stereocenters. The smallest absolute Gasteiger partial charge is 0.371 e. The van der Waals surface area contributed by atoms with E-state index in [1.807, 2.05) is 17.8 Å². The summed E-state index contributed by atoms with van der Waals surface area (Å²) in [6.45, 7) is 8.79. The van der Waals surface area contributed by atoms with E-state index >= 15 is 0 Å². The van der Waals surface area contributed by atoms with Gasteiger partial charge in [0.1, 0.15) is 0 Å². The lowest BCUT2D eigenvalue weighted by molar-refractivity contribution is 0.0684. The quantitative estimate of drug-likeness (QED) is 0.845. The third kappa shape index (κ3) is 3.13. The highest BCUT2D eigenvalue weighted by Crippen LogP contribution is 2.43. The van der Waals surface area contributed by atoms with Gasteiger partial charge in [0.15, 0.2) is 0 Å². The molecule has 0 fully saturated rings. The number of rotatable bonds is 3. The molecular formula is C19H22N2O2S. The highest BCUT2D eigenvalue weighted by atomic mass is 32.2. The summed E-state index contributed by atoms with van der Waals surface area (Å²) in [4.78, 5) is 19.0. The molecule has 1 aliphatic rings. The highest BCUT2D eigenvalue weighted by Gasteiger charge is 2.28. The molecule has 1 aliphatic heterocycles. The molecule has 0 atom stereocenters. The van der Waals surface area contributed by atoms with Crippen LogP contribution in [0.15, 0.2) is 23.2 Å². The molecular weight excluding hydrogens is 320 g/mol. The minimum Gasteiger partial charge on any atom is -0.475 e. The molecule has 5 heteroatoms. The molecule has 0 radical (unpaired) electrons. The van der Waals surface area contributed by atoms with Crippen LogP contribution in [0.3, 0.4) is 0 Å². The number of carboxylic acid groups (broad SMARTS) is 1. The van der Waals surface area contributed by atoms with E-state index in [9.17, 15) is 4.79 Å². The van der Waals surface area contributed by atoms with Gasteiger partial charge in [0.25, 0.3) is 0 Å². The van der Waals surface area contributed by atoms with Crippen molar-refractivity contribution in [2.75, 3.05) is 5.75 Å². The van der Waals surface area contributed by atoms with Crippen molar-refractivity contribution in [2.24, 2.45) is 0 Å². The first kappa shape index (κ1) is 16.8. The Morgan fingerprint density at radius 3 is 2.83 bits per heavy atom. The van der Waals surface area contributed by atoms with E-state index in [4.69, 9.17) is 5.11 Å². The van der Waals surface area contributed by atoms with Crippen molar-refractivity contribution in [3.05, 3.63) is 46.5 Å². The lowest BCUT2D eigenvalue weighted by Gasteiger charge is -2.33. The summed E-state index contributed by atoms with van der Waals surface area (Å²) in [6, 6.07) is 4.58. The number of H-pyrrole nitrogens is 1. The zero-order valence-corrected chi connectivity index (χ0v) is 15.3. The van der Waals surface area contributed by atoms with E-state index < -0.39 is 5.97 Å². The van der Waals surface area contributed by atoms with Crippen LogP contribution < -0.4 is 0 Å². The van der Waals surface area contributed by atoms with Gasteiger partial charge in [0.2, 0.25) is 5.82 Å². The number of aromatic nitrogens is 2. The van der Waals surface area contributed by atoms with Crippen LogP contribution in [0.2, 0.25) is 0 Å². The first-order chi connectivity index (χ1) is 11.3. The molecule has 0 saturated heterocycles.